The second-order valence-corrected chi connectivity index (χ2v) is 5.84. The molecule has 1 aliphatic rings. The average molecular weight is 256 g/mol. The van der Waals surface area contributed by atoms with Gasteiger partial charge in [0.15, 0.2) is 6.29 Å². The number of hydrogen-bond acceptors (Lipinski definition) is 2. The first-order chi connectivity index (χ1) is 8.77. The van der Waals surface area contributed by atoms with Crippen LogP contribution in [0.3, 0.4) is 0 Å². The summed E-state index contributed by atoms with van der Waals surface area (Å²) in [5.74, 6) is 1.53. The van der Waals surface area contributed by atoms with Crippen LogP contribution in [0.25, 0.3) is 0 Å². The van der Waals surface area contributed by atoms with Crippen LogP contribution in [-0.4, -0.2) is 19.5 Å². The van der Waals surface area contributed by atoms with E-state index in [2.05, 4.69) is 20.8 Å². The Hall–Kier alpha value is -0.0800. The summed E-state index contributed by atoms with van der Waals surface area (Å²) in [6, 6.07) is 0. The van der Waals surface area contributed by atoms with Crippen LogP contribution in [0.1, 0.15) is 72.1 Å². The molecule has 0 unspecified atom stereocenters. The summed E-state index contributed by atoms with van der Waals surface area (Å²) in [6.07, 6.45) is 10.0. The zero-order valence-corrected chi connectivity index (χ0v) is 12.6. The van der Waals surface area contributed by atoms with Gasteiger partial charge in [-0.2, -0.15) is 0 Å². The van der Waals surface area contributed by atoms with E-state index < -0.39 is 0 Å². The fourth-order valence-corrected chi connectivity index (χ4v) is 2.57. The molecule has 0 heterocycles. The summed E-state index contributed by atoms with van der Waals surface area (Å²) in [5, 5.41) is 0. The van der Waals surface area contributed by atoms with Crippen LogP contribution in [0.2, 0.25) is 0 Å². The summed E-state index contributed by atoms with van der Waals surface area (Å²) in [6.45, 7) is 8.50. The molecule has 1 aliphatic carbocycles. The molecule has 2 nitrogen and oxygen atoms in total. The molecule has 18 heavy (non-hydrogen) atoms. The minimum absolute atomic E-state index is 0.0654. The summed E-state index contributed by atoms with van der Waals surface area (Å²) >= 11 is 0. The van der Waals surface area contributed by atoms with Gasteiger partial charge in [-0.15, -0.1) is 0 Å². The highest BCUT2D eigenvalue weighted by molar-refractivity contribution is 4.72. The maximum absolute atomic E-state index is 5.98. The van der Waals surface area contributed by atoms with Gasteiger partial charge >= 0.3 is 0 Å². The van der Waals surface area contributed by atoms with Gasteiger partial charge in [0.1, 0.15) is 0 Å². The maximum Gasteiger partial charge on any atom is 0.160 e. The Kier molecular flexibility index (Phi) is 8.70. The van der Waals surface area contributed by atoms with E-state index in [1.807, 2.05) is 0 Å². The molecule has 0 atom stereocenters. The molecule has 0 N–H and O–H groups in total. The SMILES string of the molecule is CCCCOC(OCCCC)C1CCC(C)CC1. The molecule has 0 aliphatic heterocycles. The number of unbranched alkanes of at least 4 members (excludes halogenated alkanes) is 2. The predicted molar refractivity (Wildman–Crippen MR) is 76.6 cm³/mol. The quantitative estimate of drug-likeness (QED) is 0.437. The molecule has 0 saturated heterocycles. The van der Waals surface area contributed by atoms with Gasteiger partial charge < -0.3 is 9.47 Å². The topological polar surface area (TPSA) is 18.5 Å². The van der Waals surface area contributed by atoms with Gasteiger partial charge in [0.2, 0.25) is 0 Å². The molecular weight excluding hydrogens is 224 g/mol. The first kappa shape index (κ1) is 16.0. The zero-order valence-electron chi connectivity index (χ0n) is 12.6. The van der Waals surface area contributed by atoms with E-state index in [0.717, 1.165) is 32.0 Å². The van der Waals surface area contributed by atoms with Crippen molar-refractivity contribution in [3.05, 3.63) is 0 Å². The molecule has 0 aromatic carbocycles. The van der Waals surface area contributed by atoms with Gasteiger partial charge in [0.05, 0.1) is 0 Å². The molecule has 0 spiro atoms. The molecule has 1 fully saturated rings. The summed E-state index contributed by atoms with van der Waals surface area (Å²) in [5.41, 5.74) is 0. The second kappa shape index (κ2) is 9.80. The fraction of sp³-hybridized carbons (Fsp3) is 1.00. The molecule has 1 rings (SSSR count). The third kappa shape index (κ3) is 6.19. The van der Waals surface area contributed by atoms with Crippen LogP contribution in [0, 0.1) is 11.8 Å². The van der Waals surface area contributed by atoms with Gasteiger partial charge in [-0.25, -0.2) is 0 Å². The first-order valence-corrected chi connectivity index (χ1v) is 8.01. The Morgan fingerprint density at radius 1 is 0.889 bits per heavy atom. The molecule has 108 valence electrons. The smallest absolute Gasteiger partial charge is 0.160 e. The van der Waals surface area contributed by atoms with E-state index in [-0.39, 0.29) is 6.29 Å². The third-order valence-corrected chi connectivity index (χ3v) is 4.01. The van der Waals surface area contributed by atoms with E-state index in [9.17, 15) is 0 Å². The standard InChI is InChI=1S/C16H32O2/c1-4-6-12-17-16(18-13-7-5-2)15-10-8-14(3)9-11-15/h14-16H,4-13H2,1-3H3. The van der Waals surface area contributed by atoms with Crippen LogP contribution in [0.15, 0.2) is 0 Å². The lowest BCUT2D eigenvalue weighted by Crippen LogP contribution is -2.31. The van der Waals surface area contributed by atoms with E-state index in [1.165, 1.54) is 38.5 Å². The largest absolute Gasteiger partial charge is 0.352 e. The van der Waals surface area contributed by atoms with E-state index >= 15 is 0 Å². The van der Waals surface area contributed by atoms with Gasteiger partial charge in [0.25, 0.3) is 0 Å². The molecule has 0 amide bonds. The molecular formula is C16H32O2. The molecule has 1 saturated carbocycles. The Bertz CT molecular complexity index is 176. The highest BCUT2D eigenvalue weighted by Crippen LogP contribution is 2.32. The van der Waals surface area contributed by atoms with E-state index in [1.54, 1.807) is 0 Å². The Balaban J connectivity index is 2.32. The predicted octanol–water partition coefficient (Wildman–Crippen LogP) is 4.77. The van der Waals surface area contributed by atoms with Crippen molar-refractivity contribution in [2.45, 2.75) is 78.4 Å². The van der Waals surface area contributed by atoms with Crippen LogP contribution in [0.5, 0.6) is 0 Å². The van der Waals surface area contributed by atoms with Crippen molar-refractivity contribution >= 4 is 0 Å². The van der Waals surface area contributed by atoms with Crippen molar-refractivity contribution in [1.29, 1.82) is 0 Å². The second-order valence-electron chi connectivity index (χ2n) is 5.84. The van der Waals surface area contributed by atoms with E-state index in [0.29, 0.717) is 5.92 Å². The normalized spacial score (nSPS) is 24.7. The lowest BCUT2D eigenvalue weighted by atomic mass is 9.82. The highest BCUT2D eigenvalue weighted by Gasteiger charge is 2.27. The molecule has 0 aromatic rings. The lowest BCUT2D eigenvalue weighted by Gasteiger charge is -2.32. The van der Waals surface area contributed by atoms with Gasteiger partial charge in [-0.1, -0.05) is 46.5 Å². The monoisotopic (exact) mass is 256 g/mol. The Morgan fingerprint density at radius 3 is 1.83 bits per heavy atom. The average Bonchev–Trinajstić information content (AvgIpc) is 2.38. The minimum Gasteiger partial charge on any atom is -0.352 e. The summed E-state index contributed by atoms with van der Waals surface area (Å²) in [7, 11) is 0. The van der Waals surface area contributed by atoms with Crippen LogP contribution >= 0.6 is 0 Å². The number of ether oxygens (including phenoxy) is 2. The maximum atomic E-state index is 5.98. The van der Waals surface area contributed by atoms with Gasteiger partial charge in [-0.05, 0) is 31.6 Å². The van der Waals surface area contributed by atoms with Crippen molar-refractivity contribution < 1.29 is 9.47 Å². The van der Waals surface area contributed by atoms with Crippen LogP contribution in [-0.2, 0) is 9.47 Å². The third-order valence-electron chi connectivity index (χ3n) is 4.01. The fourth-order valence-electron chi connectivity index (χ4n) is 2.57. The van der Waals surface area contributed by atoms with Gasteiger partial charge in [0, 0.05) is 19.1 Å². The first-order valence-electron chi connectivity index (χ1n) is 8.01. The van der Waals surface area contributed by atoms with Crippen molar-refractivity contribution in [2.75, 3.05) is 13.2 Å². The summed E-state index contributed by atoms with van der Waals surface area (Å²) < 4.78 is 12.0. The number of rotatable bonds is 9. The van der Waals surface area contributed by atoms with Crippen molar-refractivity contribution in [1.82, 2.24) is 0 Å². The van der Waals surface area contributed by atoms with E-state index in [4.69, 9.17) is 9.47 Å². The molecule has 0 bridgehead atoms. The van der Waals surface area contributed by atoms with Gasteiger partial charge in [-0.3, -0.25) is 0 Å². The highest BCUT2D eigenvalue weighted by atomic mass is 16.7. The number of hydrogen-bond donors (Lipinski definition) is 0. The van der Waals surface area contributed by atoms with Crippen molar-refractivity contribution in [3.8, 4) is 0 Å². The zero-order chi connectivity index (χ0) is 13.2. The van der Waals surface area contributed by atoms with Crippen LogP contribution < -0.4 is 0 Å². The Labute approximate surface area is 113 Å². The lowest BCUT2D eigenvalue weighted by molar-refractivity contribution is -0.180. The molecule has 2 heteroatoms. The van der Waals surface area contributed by atoms with Crippen molar-refractivity contribution in [2.24, 2.45) is 11.8 Å². The van der Waals surface area contributed by atoms with Crippen LogP contribution in [0.4, 0.5) is 0 Å². The van der Waals surface area contributed by atoms with Crippen molar-refractivity contribution in [3.63, 3.8) is 0 Å². The Morgan fingerprint density at radius 2 is 1.39 bits per heavy atom. The summed E-state index contributed by atoms with van der Waals surface area (Å²) in [4.78, 5) is 0. The minimum atomic E-state index is 0.0654. The molecule has 0 aromatic heterocycles. The molecule has 0 radical (unpaired) electrons.